The molecule has 0 spiro atoms. The van der Waals surface area contributed by atoms with Crippen LogP contribution >= 0.6 is 0 Å². The first-order valence-electron chi connectivity index (χ1n) is 6.22. The van der Waals surface area contributed by atoms with Gasteiger partial charge in [-0.25, -0.2) is 0 Å². The van der Waals surface area contributed by atoms with E-state index in [1.807, 2.05) is 6.92 Å². The molecule has 0 aromatic heterocycles. The zero-order chi connectivity index (χ0) is 15.8. The van der Waals surface area contributed by atoms with Crippen LogP contribution in [0, 0.1) is 0 Å². The Hall–Kier alpha value is 0.446. The van der Waals surface area contributed by atoms with Crippen LogP contribution in [-0.2, 0) is 29.2 Å². The number of aliphatic carboxylic acids is 1. The quantitative estimate of drug-likeness (QED) is 0.151. The predicted octanol–water partition coefficient (Wildman–Crippen LogP) is -2.07. The Labute approximate surface area is 168 Å². The van der Waals surface area contributed by atoms with E-state index in [-0.39, 0.29) is 59.2 Å². The van der Waals surface area contributed by atoms with E-state index >= 15 is 0 Å². The average molecular weight is 352 g/mol. The third-order valence-electron chi connectivity index (χ3n) is 2.37. The van der Waals surface area contributed by atoms with Gasteiger partial charge >= 0.3 is 63.3 Å². The van der Waals surface area contributed by atoms with Crippen molar-refractivity contribution in [2.45, 2.75) is 51.1 Å². The molecule has 0 aliphatic carbocycles. The van der Waals surface area contributed by atoms with Crippen LogP contribution in [0.4, 0.5) is 0 Å². The Morgan fingerprint density at radius 3 is 2.24 bits per heavy atom. The van der Waals surface area contributed by atoms with Gasteiger partial charge in [0.25, 0.3) is 10.1 Å². The second kappa shape index (κ2) is 11.9. The maximum atomic E-state index is 11.6. The molecule has 0 aromatic rings. The van der Waals surface area contributed by atoms with Crippen molar-refractivity contribution in [2.75, 3.05) is 6.61 Å². The zero-order valence-corrected chi connectivity index (χ0v) is 16.4. The molecule has 0 amide bonds. The van der Waals surface area contributed by atoms with Gasteiger partial charge in [0, 0.05) is 6.42 Å². The van der Waals surface area contributed by atoms with Crippen LogP contribution in [0.1, 0.15) is 41.0 Å². The first-order chi connectivity index (χ1) is 9.22. The minimum Gasteiger partial charge on any atom is -1.00 e. The van der Waals surface area contributed by atoms with E-state index in [4.69, 9.17) is 19.1 Å². The molecule has 0 saturated heterocycles. The van der Waals surface area contributed by atoms with E-state index in [0.717, 1.165) is 12.8 Å². The standard InChI is InChI=1S/C11H20O8S.K.H/c1-3-5-6-18-10(4-2)19-11(14)8(7-9(12)13)20(15,16)17;;/h8,10H,3-7H2,1-2H3,(H,12,13)(H,15,16,17);;/q;+1;-1. The Balaban J connectivity index is -0.00000180. The Morgan fingerprint density at radius 1 is 1.29 bits per heavy atom. The minimum absolute atomic E-state index is 0. The van der Waals surface area contributed by atoms with Crippen LogP contribution in [0.2, 0.25) is 0 Å². The molecule has 10 heteroatoms. The molecule has 21 heavy (non-hydrogen) atoms. The molecule has 0 radical (unpaired) electrons. The third-order valence-corrected chi connectivity index (χ3v) is 3.44. The van der Waals surface area contributed by atoms with Crippen LogP contribution < -0.4 is 51.4 Å². The van der Waals surface area contributed by atoms with Gasteiger partial charge in [-0.2, -0.15) is 8.42 Å². The zero-order valence-electron chi connectivity index (χ0n) is 13.4. The second-order valence-corrected chi connectivity index (χ2v) is 5.70. The fourth-order valence-electron chi connectivity index (χ4n) is 1.27. The number of rotatable bonds is 10. The van der Waals surface area contributed by atoms with E-state index in [9.17, 15) is 18.0 Å². The summed E-state index contributed by atoms with van der Waals surface area (Å²) in [5, 5.41) is 6.40. The number of carboxylic acid groups (broad SMARTS) is 1. The van der Waals surface area contributed by atoms with Crippen molar-refractivity contribution in [3.05, 3.63) is 0 Å². The molecule has 0 bridgehead atoms. The van der Waals surface area contributed by atoms with Crippen molar-refractivity contribution in [2.24, 2.45) is 0 Å². The largest absolute Gasteiger partial charge is 1.00 e. The van der Waals surface area contributed by atoms with Crippen LogP contribution in [0.5, 0.6) is 0 Å². The number of carbonyl (C=O) groups is 2. The molecule has 0 saturated carbocycles. The van der Waals surface area contributed by atoms with Crippen molar-refractivity contribution >= 4 is 22.1 Å². The van der Waals surface area contributed by atoms with Gasteiger partial charge in [-0.3, -0.25) is 14.1 Å². The van der Waals surface area contributed by atoms with Gasteiger partial charge in [0.05, 0.1) is 13.0 Å². The van der Waals surface area contributed by atoms with Crippen molar-refractivity contribution in [3.8, 4) is 0 Å². The van der Waals surface area contributed by atoms with Crippen LogP contribution in [0.25, 0.3) is 0 Å². The minimum atomic E-state index is -4.85. The van der Waals surface area contributed by atoms with Crippen LogP contribution in [0.15, 0.2) is 0 Å². The van der Waals surface area contributed by atoms with Gasteiger partial charge in [-0.15, -0.1) is 0 Å². The summed E-state index contributed by atoms with van der Waals surface area (Å²) < 4.78 is 40.8. The first-order valence-corrected chi connectivity index (χ1v) is 7.72. The summed E-state index contributed by atoms with van der Waals surface area (Å²) in [5.41, 5.74) is 0. The Morgan fingerprint density at radius 2 is 1.86 bits per heavy atom. The molecule has 0 aromatic carbocycles. The van der Waals surface area contributed by atoms with Gasteiger partial charge < -0.3 is 16.0 Å². The molecular weight excluding hydrogens is 331 g/mol. The summed E-state index contributed by atoms with van der Waals surface area (Å²) in [7, 11) is -4.85. The molecule has 0 rings (SSSR count). The number of hydrogen-bond donors (Lipinski definition) is 2. The third kappa shape index (κ3) is 10.7. The van der Waals surface area contributed by atoms with Crippen LogP contribution in [0.3, 0.4) is 0 Å². The molecule has 2 atom stereocenters. The van der Waals surface area contributed by atoms with E-state index in [0.29, 0.717) is 6.61 Å². The van der Waals surface area contributed by atoms with Gasteiger partial charge in [0.2, 0.25) is 6.29 Å². The Kier molecular flexibility index (Phi) is 13.5. The fraction of sp³-hybridized carbons (Fsp3) is 0.818. The molecule has 2 N–H and O–H groups in total. The molecule has 0 heterocycles. The van der Waals surface area contributed by atoms with Crippen molar-refractivity contribution < 1.29 is 90.0 Å². The maximum absolute atomic E-state index is 11.6. The van der Waals surface area contributed by atoms with E-state index in [2.05, 4.69) is 0 Å². The summed E-state index contributed by atoms with van der Waals surface area (Å²) in [6, 6.07) is 0. The molecule has 0 aliphatic heterocycles. The summed E-state index contributed by atoms with van der Waals surface area (Å²) in [4.78, 5) is 22.1. The topological polar surface area (TPSA) is 127 Å². The molecular formula is C11H21KO8S. The molecule has 0 fully saturated rings. The molecule has 0 aliphatic rings. The fourth-order valence-corrected chi connectivity index (χ4v) is 1.92. The van der Waals surface area contributed by atoms with E-state index in [1.54, 1.807) is 6.92 Å². The smallest absolute Gasteiger partial charge is 1.00 e. The summed E-state index contributed by atoms with van der Waals surface area (Å²) in [6.07, 6.45) is -0.141. The van der Waals surface area contributed by atoms with Crippen molar-refractivity contribution in [3.63, 3.8) is 0 Å². The second-order valence-electron chi connectivity index (χ2n) is 4.10. The number of ether oxygens (including phenoxy) is 2. The number of carbonyl (C=O) groups excluding carboxylic acids is 1. The average Bonchev–Trinajstić information content (AvgIpc) is 2.33. The van der Waals surface area contributed by atoms with Crippen LogP contribution in [-0.4, -0.2) is 48.2 Å². The van der Waals surface area contributed by atoms with Gasteiger partial charge in [-0.1, -0.05) is 20.3 Å². The van der Waals surface area contributed by atoms with E-state index < -0.39 is 40.0 Å². The Bertz CT molecular complexity index is 428. The van der Waals surface area contributed by atoms with Gasteiger partial charge in [0.1, 0.15) is 0 Å². The molecule has 120 valence electrons. The summed E-state index contributed by atoms with van der Waals surface area (Å²) >= 11 is 0. The maximum Gasteiger partial charge on any atom is 1.00 e. The SMILES string of the molecule is CCCCOC(CC)OC(=O)C(CC(=O)O)S(=O)(=O)O.[H-].[K+]. The first kappa shape index (κ1) is 23.7. The number of esters is 1. The predicted molar refractivity (Wildman–Crippen MR) is 69.7 cm³/mol. The number of carboxylic acids is 1. The summed E-state index contributed by atoms with van der Waals surface area (Å²) in [5.74, 6) is -2.87. The number of hydrogen-bond acceptors (Lipinski definition) is 6. The number of unbranched alkanes of at least 4 members (excludes halogenated alkanes) is 1. The van der Waals surface area contributed by atoms with E-state index in [1.165, 1.54) is 0 Å². The van der Waals surface area contributed by atoms with Gasteiger partial charge in [-0.05, 0) is 6.42 Å². The van der Waals surface area contributed by atoms with Gasteiger partial charge in [0.15, 0.2) is 5.25 Å². The summed E-state index contributed by atoms with van der Waals surface area (Å²) in [6.45, 7) is 3.93. The van der Waals surface area contributed by atoms with Crippen molar-refractivity contribution in [1.82, 2.24) is 0 Å². The normalized spacial score (nSPS) is 13.9. The monoisotopic (exact) mass is 352 g/mol. The van der Waals surface area contributed by atoms with Crippen molar-refractivity contribution in [1.29, 1.82) is 0 Å². The molecule has 8 nitrogen and oxygen atoms in total. The molecule has 2 unspecified atom stereocenters.